The first-order valence-corrected chi connectivity index (χ1v) is 13.4. The van der Waals surface area contributed by atoms with E-state index >= 15 is 0 Å². The minimum Gasteiger partial charge on any atom is -0.275 e. The summed E-state index contributed by atoms with van der Waals surface area (Å²) in [6, 6.07) is 0. The lowest BCUT2D eigenvalue weighted by Gasteiger charge is -2.60. The van der Waals surface area contributed by atoms with E-state index in [1.807, 2.05) is 0 Å². The molecule has 1 aliphatic rings. The molecule has 0 bridgehead atoms. The summed E-state index contributed by atoms with van der Waals surface area (Å²) in [5.74, 6) is 0. The Hall–Kier alpha value is 0.411. The number of rotatable bonds is 3. The predicted molar refractivity (Wildman–Crippen MR) is 84.8 cm³/mol. The Morgan fingerprint density at radius 1 is 0.556 bits per heavy atom. The van der Waals surface area contributed by atoms with Crippen LogP contribution in [0.15, 0.2) is 0 Å². The average molecular weight is 310 g/mol. The van der Waals surface area contributed by atoms with Crippen molar-refractivity contribution in [1.82, 2.24) is 16.3 Å². The summed E-state index contributed by atoms with van der Waals surface area (Å²) < 4.78 is 3.35. The molecule has 1 fully saturated rings. The van der Waals surface area contributed by atoms with E-state index in [0.717, 1.165) is 11.8 Å². The van der Waals surface area contributed by atoms with Crippen LogP contribution >= 0.6 is 0 Å². The van der Waals surface area contributed by atoms with Gasteiger partial charge in [-0.2, -0.15) is 16.3 Å². The molecule has 0 atom stereocenters. The van der Waals surface area contributed by atoms with Gasteiger partial charge < -0.3 is 0 Å². The molecule has 108 valence electrons. The van der Waals surface area contributed by atoms with Crippen LogP contribution in [-0.4, -0.2) is 81.4 Å². The van der Waals surface area contributed by atoms with E-state index in [0.29, 0.717) is 0 Å². The second-order valence-electron chi connectivity index (χ2n) is 6.01. The van der Waals surface area contributed by atoms with Gasteiger partial charge in [0, 0.05) is 40.8 Å². The zero-order valence-corrected chi connectivity index (χ0v) is 17.0. The third-order valence-electron chi connectivity index (χ3n) is 6.10. The van der Waals surface area contributed by atoms with Crippen LogP contribution in [0.25, 0.3) is 0 Å². The van der Waals surface area contributed by atoms with Gasteiger partial charge in [-0.1, -0.05) is 0 Å². The molecule has 0 amide bonds. The van der Waals surface area contributed by atoms with Crippen LogP contribution in [0, 0.1) is 0 Å². The molecule has 1 saturated heterocycles. The van der Waals surface area contributed by atoms with Crippen molar-refractivity contribution in [3.05, 3.63) is 0 Å². The van der Waals surface area contributed by atoms with Crippen LogP contribution in [0.1, 0.15) is 0 Å². The zero-order valence-electron chi connectivity index (χ0n) is 13.6. The van der Waals surface area contributed by atoms with Crippen LogP contribution in [0.4, 0.5) is 0 Å². The Morgan fingerprint density at radius 2 is 0.722 bits per heavy atom. The van der Waals surface area contributed by atoms with Crippen LogP contribution in [0.5, 0.6) is 0 Å². The highest BCUT2D eigenvalue weighted by Gasteiger charge is 2.71. The van der Waals surface area contributed by atoms with Gasteiger partial charge in [0.15, 0.2) is 0 Å². The van der Waals surface area contributed by atoms with Gasteiger partial charge in [-0.25, -0.2) is 0 Å². The van der Waals surface area contributed by atoms with E-state index in [2.05, 4.69) is 78.2 Å². The molecule has 1 heterocycles. The second-order valence-corrected chi connectivity index (χ2v) is 18.0. The van der Waals surface area contributed by atoms with E-state index in [-0.39, 0.29) is 0 Å². The van der Waals surface area contributed by atoms with Gasteiger partial charge in [0.1, 0.15) is 0 Å². The van der Waals surface area contributed by atoms with E-state index in [1.54, 1.807) is 0 Å². The molecule has 0 saturated carbocycles. The van der Waals surface area contributed by atoms with Crippen LogP contribution in [-0.2, 0) is 0 Å². The lowest BCUT2D eigenvalue weighted by atomic mass is 11.4. The van der Waals surface area contributed by atoms with Crippen LogP contribution in [0.3, 0.4) is 0 Å². The molecule has 0 spiro atoms. The smallest absolute Gasteiger partial charge is 0.275 e. The van der Waals surface area contributed by atoms with Crippen LogP contribution < -0.4 is 16.3 Å². The molecule has 0 aromatic carbocycles. The van der Waals surface area contributed by atoms with Gasteiger partial charge in [0.25, 0.3) is 0 Å². The number of quaternary nitrogens is 3. The molecule has 6 nitrogen and oxygen atoms in total. The van der Waals surface area contributed by atoms with Crippen molar-refractivity contribution in [2.24, 2.45) is 0 Å². The normalized spacial score (nSPS) is 53.5. The molecule has 9 heteroatoms. The van der Waals surface area contributed by atoms with Crippen molar-refractivity contribution in [2.45, 2.75) is 19.6 Å². The van der Waals surface area contributed by atoms with Crippen molar-refractivity contribution < 1.29 is 11.8 Å². The maximum atomic E-state index is 3.65. The van der Waals surface area contributed by atoms with Gasteiger partial charge in [0.2, 0.25) is 0 Å². The highest BCUT2D eigenvalue weighted by Crippen LogP contribution is 2.29. The SMILES string of the molecule is CN[N+]1(C)[SiH](C)[N+](C)(NC)[SiH](C)[N+](C)(NC)[SiH]1C. The predicted octanol–water partition coefficient (Wildman–Crippen LogP) is -1.71. The molecular weight excluding hydrogens is 276 g/mol. The van der Waals surface area contributed by atoms with Crippen molar-refractivity contribution in [3.63, 3.8) is 0 Å². The molecule has 0 aliphatic carbocycles. The Labute approximate surface area is 118 Å². The van der Waals surface area contributed by atoms with Gasteiger partial charge >= 0.3 is 27.4 Å². The van der Waals surface area contributed by atoms with Gasteiger partial charge in [0.05, 0.1) is 21.1 Å². The standard InChI is InChI=1S/C9H33N6Si3/c1-10-13(4)16(7)14(5,11-2)18(9)15(6,12-3)17(13)8/h10-12,16-18H,1-9H3/q+3. The average Bonchev–Trinajstić information content (AvgIpc) is 2.40. The van der Waals surface area contributed by atoms with E-state index < -0.39 is 27.4 Å². The van der Waals surface area contributed by atoms with Crippen molar-refractivity contribution >= 4 is 27.4 Å². The minimum atomic E-state index is -1.05. The number of nitrogens with one attached hydrogen (secondary N) is 3. The molecule has 0 aromatic rings. The Balaban J connectivity index is 3.38. The lowest BCUT2D eigenvalue weighted by molar-refractivity contribution is -0.974. The van der Waals surface area contributed by atoms with Crippen molar-refractivity contribution in [1.29, 1.82) is 0 Å². The molecule has 18 heavy (non-hydrogen) atoms. The summed E-state index contributed by atoms with van der Waals surface area (Å²) in [6.07, 6.45) is 0. The number of nitrogens with zero attached hydrogens (tertiary/aromatic N) is 3. The highest BCUT2D eigenvalue weighted by molar-refractivity contribution is 6.68. The molecule has 0 radical (unpaired) electrons. The lowest BCUT2D eigenvalue weighted by Crippen LogP contribution is -2.98. The molecule has 1 aliphatic heterocycles. The van der Waals surface area contributed by atoms with Gasteiger partial charge in [-0.15, -0.1) is 0 Å². The summed E-state index contributed by atoms with van der Waals surface area (Å²) in [6.45, 7) is 7.54. The molecule has 3 N–H and O–H groups in total. The first kappa shape index (κ1) is 16.5. The molecule has 1 rings (SSSR count). The zero-order chi connectivity index (χ0) is 14.4. The highest BCUT2D eigenvalue weighted by atomic mass is 28.4. The molecule has 0 unspecified atom stereocenters. The number of hydrogen-bond donors (Lipinski definition) is 3. The third kappa shape index (κ3) is 1.89. The fraction of sp³-hybridized carbons (Fsp3) is 1.00. The quantitative estimate of drug-likeness (QED) is 0.544. The Bertz CT molecular complexity index is 255. The third-order valence-corrected chi connectivity index (χ3v) is 24.7. The summed E-state index contributed by atoms with van der Waals surface area (Å²) in [7, 11) is 10.5. The largest absolute Gasteiger partial charge is 0.515 e. The second kappa shape index (κ2) is 5.07. The summed E-state index contributed by atoms with van der Waals surface area (Å²) in [5.41, 5.74) is 11.0. The summed E-state index contributed by atoms with van der Waals surface area (Å²) in [5, 5.41) is 0. The number of hydrogen-bond acceptors (Lipinski definition) is 3. The maximum absolute atomic E-state index is 3.65. The summed E-state index contributed by atoms with van der Waals surface area (Å²) >= 11 is 0. The van der Waals surface area contributed by atoms with E-state index in [4.69, 9.17) is 0 Å². The van der Waals surface area contributed by atoms with Gasteiger partial charge in [-0.3, -0.25) is 11.8 Å². The fourth-order valence-corrected chi connectivity index (χ4v) is 22.6. The van der Waals surface area contributed by atoms with E-state index in [1.165, 1.54) is 0 Å². The Kier molecular flexibility index (Phi) is 4.64. The van der Waals surface area contributed by atoms with Crippen molar-refractivity contribution in [2.75, 3.05) is 42.3 Å². The summed E-state index contributed by atoms with van der Waals surface area (Å²) in [4.78, 5) is 0. The van der Waals surface area contributed by atoms with Crippen LogP contribution in [0.2, 0.25) is 19.6 Å². The minimum absolute atomic E-state index is 1.05. The Morgan fingerprint density at radius 3 is 0.833 bits per heavy atom. The maximum Gasteiger partial charge on any atom is 0.515 e. The first-order valence-electron chi connectivity index (χ1n) is 6.79. The molecule has 0 aromatic heterocycles. The monoisotopic (exact) mass is 309 g/mol. The van der Waals surface area contributed by atoms with Crippen molar-refractivity contribution in [3.8, 4) is 0 Å². The topological polar surface area (TPSA) is 36.1 Å². The van der Waals surface area contributed by atoms with E-state index in [9.17, 15) is 0 Å². The van der Waals surface area contributed by atoms with Gasteiger partial charge in [-0.05, 0) is 0 Å². The molecular formula is C9H33N6Si3+3. The fourth-order valence-electron chi connectivity index (χ4n) is 3.55. The first-order chi connectivity index (χ1) is 8.15.